The van der Waals surface area contributed by atoms with Crippen molar-refractivity contribution in [3.63, 3.8) is 0 Å². The van der Waals surface area contributed by atoms with Crippen LogP contribution in [0.1, 0.15) is 24.9 Å². The molecule has 1 aliphatic rings. The maximum atomic E-state index is 11.7. The van der Waals surface area contributed by atoms with Crippen molar-refractivity contribution in [3.05, 3.63) is 35.9 Å². The summed E-state index contributed by atoms with van der Waals surface area (Å²) in [5, 5.41) is 3.19. The molecule has 0 saturated carbocycles. The predicted octanol–water partition coefficient (Wildman–Crippen LogP) is 1.09. The van der Waals surface area contributed by atoms with Crippen LogP contribution in [0.2, 0.25) is 0 Å². The van der Waals surface area contributed by atoms with Gasteiger partial charge in [0.2, 0.25) is 11.8 Å². The number of carbonyl (C=O) groups excluding carboxylic acids is 2. The lowest BCUT2D eigenvalue weighted by Gasteiger charge is -2.18. The number of hydrogen-bond acceptors (Lipinski definition) is 3. The zero-order valence-corrected chi connectivity index (χ0v) is 10.0. The van der Waals surface area contributed by atoms with E-state index < -0.39 is 0 Å². The lowest BCUT2D eigenvalue weighted by Crippen LogP contribution is -2.38. The van der Waals surface area contributed by atoms with Gasteiger partial charge in [0.1, 0.15) is 0 Å². The number of likely N-dealkylation sites (N-methyl/N-ethyl adjacent to an activating group) is 1. The van der Waals surface area contributed by atoms with E-state index in [2.05, 4.69) is 5.32 Å². The molecule has 1 aromatic rings. The van der Waals surface area contributed by atoms with Crippen LogP contribution in [0.3, 0.4) is 0 Å². The first-order chi connectivity index (χ1) is 8.09. The SMILES string of the molecule is C[C@@H](NC1CC(=O)N(C)C1=O)c1ccccc1. The monoisotopic (exact) mass is 232 g/mol. The van der Waals surface area contributed by atoms with Crippen molar-refractivity contribution in [2.45, 2.75) is 25.4 Å². The second-order valence-electron chi connectivity index (χ2n) is 4.35. The number of amides is 2. The Balaban J connectivity index is 2.03. The predicted molar refractivity (Wildman–Crippen MR) is 64.2 cm³/mol. The van der Waals surface area contributed by atoms with E-state index in [0.29, 0.717) is 0 Å². The van der Waals surface area contributed by atoms with Gasteiger partial charge in [0, 0.05) is 13.1 Å². The Hall–Kier alpha value is -1.68. The molecule has 0 spiro atoms. The van der Waals surface area contributed by atoms with E-state index in [0.717, 1.165) is 5.56 Å². The standard InChI is InChI=1S/C13H16N2O2/c1-9(10-6-4-3-5-7-10)14-11-8-12(16)15(2)13(11)17/h3-7,9,11,14H,8H2,1-2H3/t9-,11?/m1/s1. The van der Waals surface area contributed by atoms with E-state index in [1.54, 1.807) is 0 Å². The summed E-state index contributed by atoms with van der Waals surface area (Å²) in [5.74, 6) is -0.259. The number of carbonyl (C=O) groups is 2. The van der Waals surface area contributed by atoms with E-state index in [1.165, 1.54) is 11.9 Å². The molecule has 1 aromatic carbocycles. The van der Waals surface area contributed by atoms with Gasteiger partial charge in [-0.1, -0.05) is 30.3 Å². The van der Waals surface area contributed by atoms with Gasteiger partial charge >= 0.3 is 0 Å². The van der Waals surface area contributed by atoms with Gasteiger partial charge in [0.05, 0.1) is 12.5 Å². The van der Waals surface area contributed by atoms with Gasteiger partial charge in [-0.3, -0.25) is 19.8 Å². The van der Waals surface area contributed by atoms with Crippen LogP contribution in [0.5, 0.6) is 0 Å². The summed E-state index contributed by atoms with van der Waals surface area (Å²) in [6.45, 7) is 1.99. The Morgan fingerprint density at radius 3 is 2.47 bits per heavy atom. The summed E-state index contributed by atoms with van der Waals surface area (Å²) in [6, 6.07) is 9.55. The van der Waals surface area contributed by atoms with Gasteiger partial charge < -0.3 is 0 Å². The average molecular weight is 232 g/mol. The summed E-state index contributed by atoms with van der Waals surface area (Å²) in [5.41, 5.74) is 1.11. The van der Waals surface area contributed by atoms with Crippen LogP contribution in [0.25, 0.3) is 0 Å². The fourth-order valence-corrected chi connectivity index (χ4v) is 2.03. The molecule has 1 fully saturated rings. The normalized spacial score (nSPS) is 22.0. The number of nitrogens with one attached hydrogen (secondary N) is 1. The highest BCUT2D eigenvalue weighted by atomic mass is 16.2. The van der Waals surface area contributed by atoms with Crippen molar-refractivity contribution in [2.24, 2.45) is 0 Å². The number of likely N-dealkylation sites (tertiary alicyclic amines) is 1. The number of nitrogens with zero attached hydrogens (tertiary/aromatic N) is 1. The van der Waals surface area contributed by atoms with E-state index in [-0.39, 0.29) is 30.3 Å². The van der Waals surface area contributed by atoms with Crippen molar-refractivity contribution in [1.29, 1.82) is 0 Å². The lowest BCUT2D eigenvalue weighted by molar-refractivity contribution is -0.137. The molecule has 4 heteroatoms. The zero-order valence-electron chi connectivity index (χ0n) is 10.0. The van der Waals surface area contributed by atoms with Crippen LogP contribution in [-0.2, 0) is 9.59 Å². The molecular formula is C13H16N2O2. The lowest BCUT2D eigenvalue weighted by atomic mass is 10.1. The first kappa shape index (κ1) is 11.8. The number of rotatable bonds is 3. The topological polar surface area (TPSA) is 49.4 Å². The van der Waals surface area contributed by atoms with Crippen molar-refractivity contribution in [3.8, 4) is 0 Å². The fraction of sp³-hybridized carbons (Fsp3) is 0.385. The maximum Gasteiger partial charge on any atom is 0.246 e. The fourth-order valence-electron chi connectivity index (χ4n) is 2.03. The highest BCUT2D eigenvalue weighted by Gasteiger charge is 2.36. The van der Waals surface area contributed by atoms with Gasteiger partial charge in [0.15, 0.2) is 0 Å². The summed E-state index contributed by atoms with van der Waals surface area (Å²) in [4.78, 5) is 24.3. The highest BCUT2D eigenvalue weighted by Crippen LogP contribution is 2.17. The molecule has 0 bridgehead atoms. The molecule has 0 aromatic heterocycles. The van der Waals surface area contributed by atoms with E-state index in [1.807, 2.05) is 37.3 Å². The largest absolute Gasteiger partial charge is 0.299 e. The van der Waals surface area contributed by atoms with Crippen LogP contribution >= 0.6 is 0 Å². The number of imide groups is 1. The Kier molecular flexibility index (Phi) is 3.24. The Morgan fingerprint density at radius 1 is 1.29 bits per heavy atom. The van der Waals surface area contributed by atoms with Gasteiger partial charge in [0.25, 0.3) is 0 Å². The van der Waals surface area contributed by atoms with Gasteiger partial charge in [-0.05, 0) is 12.5 Å². The van der Waals surface area contributed by atoms with Gasteiger partial charge in [-0.25, -0.2) is 0 Å². The molecule has 0 aliphatic carbocycles. The average Bonchev–Trinajstić information content (AvgIpc) is 2.58. The van der Waals surface area contributed by atoms with Crippen molar-refractivity contribution < 1.29 is 9.59 Å². The molecule has 2 atom stereocenters. The van der Waals surface area contributed by atoms with Crippen LogP contribution in [-0.4, -0.2) is 29.8 Å². The van der Waals surface area contributed by atoms with E-state index in [9.17, 15) is 9.59 Å². The molecule has 2 rings (SSSR count). The maximum absolute atomic E-state index is 11.7. The molecule has 1 aliphatic heterocycles. The number of benzene rings is 1. The summed E-state index contributed by atoms with van der Waals surface area (Å²) < 4.78 is 0. The first-order valence-electron chi connectivity index (χ1n) is 5.71. The molecule has 2 amide bonds. The molecular weight excluding hydrogens is 216 g/mol. The van der Waals surface area contributed by atoms with Gasteiger partial charge in [-0.2, -0.15) is 0 Å². The smallest absolute Gasteiger partial charge is 0.246 e. The van der Waals surface area contributed by atoms with Crippen molar-refractivity contribution in [1.82, 2.24) is 10.2 Å². The summed E-state index contributed by atoms with van der Waals surface area (Å²) in [6.07, 6.45) is 0.256. The molecule has 17 heavy (non-hydrogen) atoms. The van der Waals surface area contributed by atoms with Crippen LogP contribution < -0.4 is 5.32 Å². The minimum atomic E-state index is -0.386. The molecule has 0 radical (unpaired) electrons. The number of hydrogen-bond donors (Lipinski definition) is 1. The van der Waals surface area contributed by atoms with Crippen molar-refractivity contribution in [2.75, 3.05) is 7.05 Å². The highest BCUT2D eigenvalue weighted by molar-refractivity contribution is 6.05. The second-order valence-corrected chi connectivity index (χ2v) is 4.35. The Labute approximate surface area is 101 Å². The quantitative estimate of drug-likeness (QED) is 0.794. The third kappa shape index (κ3) is 2.36. The zero-order chi connectivity index (χ0) is 12.4. The van der Waals surface area contributed by atoms with Crippen LogP contribution in [0.4, 0.5) is 0 Å². The molecule has 90 valence electrons. The Morgan fingerprint density at radius 2 is 1.94 bits per heavy atom. The van der Waals surface area contributed by atoms with Crippen LogP contribution in [0.15, 0.2) is 30.3 Å². The van der Waals surface area contributed by atoms with E-state index >= 15 is 0 Å². The van der Waals surface area contributed by atoms with Gasteiger partial charge in [-0.15, -0.1) is 0 Å². The van der Waals surface area contributed by atoms with E-state index in [4.69, 9.17) is 0 Å². The molecule has 1 saturated heterocycles. The van der Waals surface area contributed by atoms with Crippen molar-refractivity contribution >= 4 is 11.8 Å². The third-order valence-electron chi connectivity index (χ3n) is 3.13. The molecule has 1 unspecified atom stereocenters. The second kappa shape index (κ2) is 4.67. The van der Waals surface area contributed by atoms with Crippen LogP contribution in [0, 0.1) is 0 Å². The molecule has 4 nitrogen and oxygen atoms in total. The minimum absolute atomic E-state index is 0.0597. The third-order valence-corrected chi connectivity index (χ3v) is 3.13. The molecule has 1 N–H and O–H groups in total. The first-order valence-corrected chi connectivity index (χ1v) is 5.71. The molecule has 1 heterocycles. The summed E-state index contributed by atoms with van der Waals surface area (Å²) >= 11 is 0. The Bertz CT molecular complexity index is 430. The minimum Gasteiger partial charge on any atom is -0.299 e. The summed E-state index contributed by atoms with van der Waals surface area (Å²) in [7, 11) is 1.53.